The Morgan fingerprint density at radius 2 is 1.94 bits per heavy atom. The minimum Gasteiger partial charge on any atom is -0.491 e. The molecule has 1 aromatic carbocycles. The number of methoxy groups -OCH3 is 1. The van der Waals surface area contributed by atoms with Gasteiger partial charge in [0.05, 0.1) is 17.7 Å². The molecule has 3 rings (SSSR count). The molecule has 2 aliphatic rings. The summed E-state index contributed by atoms with van der Waals surface area (Å²) in [4.78, 5) is 42.1. The van der Waals surface area contributed by atoms with Gasteiger partial charge in [-0.15, -0.1) is 0 Å². The first kappa shape index (κ1) is 26.8. The van der Waals surface area contributed by atoms with Crippen molar-refractivity contribution in [1.29, 1.82) is 0 Å². The van der Waals surface area contributed by atoms with E-state index in [-0.39, 0.29) is 48.4 Å². The van der Waals surface area contributed by atoms with Crippen molar-refractivity contribution >= 4 is 23.5 Å². The van der Waals surface area contributed by atoms with Crippen molar-refractivity contribution in [3.63, 3.8) is 0 Å². The summed E-state index contributed by atoms with van der Waals surface area (Å²) >= 11 is 0. The Morgan fingerprint density at radius 3 is 2.57 bits per heavy atom. The molecule has 1 heterocycles. The van der Waals surface area contributed by atoms with Crippen LogP contribution in [0.4, 0.5) is 10.5 Å². The molecule has 9 nitrogen and oxygen atoms in total. The van der Waals surface area contributed by atoms with E-state index in [1.165, 1.54) is 0 Å². The highest BCUT2D eigenvalue weighted by atomic mass is 16.5. The van der Waals surface area contributed by atoms with Crippen molar-refractivity contribution in [2.24, 2.45) is 11.8 Å². The third-order valence-electron chi connectivity index (χ3n) is 6.98. The Labute approximate surface area is 208 Å². The molecule has 35 heavy (non-hydrogen) atoms. The zero-order chi connectivity index (χ0) is 25.5. The third kappa shape index (κ3) is 6.66. The molecule has 2 N–H and O–H groups in total. The normalized spacial score (nSPS) is 23.8. The van der Waals surface area contributed by atoms with Crippen molar-refractivity contribution in [3.8, 4) is 5.75 Å². The lowest BCUT2D eigenvalue weighted by Gasteiger charge is -2.36. The number of nitrogens with one attached hydrogen (secondary N) is 2. The van der Waals surface area contributed by atoms with Gasteiger partial charge in [-0.3, -0.25) is 9.59 Å². The second kappa shape index (κ2) is 12.2. The Balaban J connectivity index is 1.90. The Morgan fingerprint density at radius 1 is 1.20 bits per heavy atom. The minimum atomic E-state index is -0.250. The van der Waals surface area contributed by atoms with Gasteiger partial charge in [0, 0.05) is 57.4 Å². The van der Waals surface area contributed by atoms with Gasteiger partial charge in [-0.25, -0.2) is 4.79 Å². The van der Waals surface area contributed by atoms with Crippen LogP contribution in [-0.4, -0.2) is 80.2 Å². The topological polar surface area (TPSA) is 100 Å². The number of carbonyl (C=O) groups excluding carboxylic acids is 3. The van der Waals surface area contributed by atoms with Gasteiger partial charge >= 0.3 is 6.03 Å². The summed E-state index contributed by atoms with van der Waals surface area (Å²) in [7, 11) is 3.36. The van der Waals surface area contributed by atoms with Crippen LogP contribution in [0.2, 0.25) is 0 Å². The van der Waals surface area contributed by atoms with Crippen molar-refractivity contribution in [2.45, 2.75) is 58.6 Å². The first-order chi connectivity index (χ1) is 16.7. The number of carbonyl (C=O) groups is 3. The summed E-state index contributed by atoms with van der Waals surface area (Å²) in [5.41, 5.74) is 1.00. The monoisotopic (exact) mass is 488 g/mol. The minimum absolute atomic E-state index is 0.00291. The molecule has 1 fully saturated rings. The standard InChI is InChI=1S/C26H40N4O5/c1-6-12-27-26(33)30-14-17(2)23(34-5)15-29(4)25(32)21-11-10-20(13-22(21)35-16-18(30)3)28-24(31)19-8-7-9-19/h10-11,13,17-19,23H,6-9,12,14-16H2,1-5H3,(H,27,33)(H,28,31)/t17-,18-,23-/m1/s1. The molecule has 0 radical (unpaired) electrons. The number of rotatable bonds is 5. The van der Waals surface area contributed by atoms with Crippen LogP contribution in [-0.2, 0) is 9.53 Å². The van der Waals surface area contributed by atoms with Crippen LogP contribution in [0.15, 0.2) is 18.2 Å². The molecule has 0 unspecified atom stereocenters. The van der Waals surface area contributed by atoms with Gasteiger partial charge in [-0.1, -0.05) is 20.3 Å². The van der Waals surface area contributed by atoms with E-state index in [0.717, 1.165) is 25.7 Å². The number of likely N-dealkylation sites (N-methyl/N-ethyl adjacent to an activating group) is 1. The molecule has 1 saturated carbocycles. The lowest BCUT2D eigenvalue weighted by molar-refractivity contribution is -0.122. The summed E-state index contributed by atoms with van der Waals surface area (Å²) in [6.07, 6.45) is 3.48. The first-order valence-corrected chi connectivity index (χ1v) is 12.7. The molecule has 4 amide bonds. The number of nitrogens with zero attached hydrogens (tertiary/aromatic N) is 2. The molecule has 0 aromatic heterocycles. The number of hydrogen-bond donors (Lipinski definition) is 2. The number of fused-ring (bicyclic) bond motifs is 1. The third-order valence-corrected chi connectivity index (χ3v) is 6.98. The Bertz CT molecular complexity index is 904. The molecule has 1 aliphatic heterocycles. The molecular weight excluding hydrogens is 448 g/mol. The second-order valence-corrected chi connectivity index (χ2v) is 9.81. The summed E-state index contributed by atoms with van der Waals surface area (Å²) in [6, 6.07) is 4.74. The molecule has 9 heteroatoms. The molecule has 0 bridgehead atoms. The summed E-state index contributed by atoms with van der Waals surface area (Å²) in [5, 5.41) is 5.92. The van der Waals surface area contributed by atoms with Gasteiger partial charge in [0.15, 0.2) is 0 Å². The quantitative estimate of drug-likeness (QED) is 0.662. The fraction of sp³-hybridized carbons (Fsp3) is 0.654. The smallest absolute Gasteiger partial charge is 0.317 e. The first-order valence-electron chi connectivity index (χ1n) is 12.7. The van der Waals surface area contributed by atoms with E-state index < -0.39 is 0 Å². The average Bonchev–Trinajstić information content (AvgIpc) is 2.80. The lowest BCUT2D eigenvalue weighted by Crippen LogP contribution is -2.51. The predicted octanol–water partition coefficient (Wildman–Crippen LogP) is 3.35. The summed E-state index contributed by atoms with van der Waals surface area (Å²) in [6.45, 7) is 7.60. The number of anilines is 1. The number of hydrogen-bond acceptors (Lipinski definition) is 5. The van der Waals surface area contributed by atoms with E-state index in [0.29, 0.717) is 36.6 Å². The van der Waals surface area contributed by atoms with Crippen LogP contribution in [0.1, 0.15) is 56.8 Å². The number of ether oxygens (including phenoxy) is 2. The zero-order valence-corrected chi connectivity index (χ0v) is 21.6. The van der Waals surface area contributed by atoms with Crippen LogP contribution in [0.3, 0.4) is 0 Å². The van der Waals surface area contributed by atoms with Crippen molar-refractivity contribution in [1.82, 2.24) is 15.1 Å². The number of benzene rings is 1. The van der Waals surface area contributed by atoms with E-state index in [4.69, 9.17) is 9.47 Å². The van der Waals surface area contributed by atoms with Crippen LogP contribution >= 0.6 is 0 Å². The van der Waals surface area contributed by atoms with Gasteiger partial charge in [-0.2, -0.15) is 0 Å². The Kier molecular flexibility index (Phi) is 9.37. The van der Waals surface area contributed by atoms with Gasteiger partial charge in [0.25, 0.3) is 5.91 Å². The van der Waals surface area contributed by atoms with Gasteiger partial charge in [-0.05, 0) is 38.3 Å². The second-order valence-electron chi connectivity index (χ2n) is 9.81. The van der Waals surface area contributed by atoms with Crippen LogP contribution < -0.4 is 15.4 Å². The van der Waals surface area contributed by atoms with Crippen LogP contribution in [0.5, 0.6) is 5.75 Å². The van der Waals surface area contributed by atoms with E-state index in [1.54, 1.807) is 42.2 Å². The molecule has 0 saturated heterocycles. The lowest BCUT2D eigenvalue weighted by atomic mass is 9.85. The van der Waals surface area contributed by atoms with E-state index in [1.807, 2.05) is 20.8 Å². The Hall–Kier alpha value is -2.81. The highest BCUT2D eigenvalue weighted by Crippen LogP contribution is 2.30. The van der Waals surface area contributed by atoms with Crippen LogP contribution in [0.25, 0.3) is 0 Å². The van der Waals surface area contributed by atoms with E-state index >= 15 is 0 Å². The van der Waals surface area contributed by atoms with E-state index in [2.05, 4.69) is 10.6 Å². The predicted molar refractivity (Wildman–Crippen MR) is 135 cm³/mol. The van der Waals surface area contributed by atoms with E-state index in [9.17, 15) is 14.4 Å². The SMILES string of the molecule is CCCNC(=O)N1C[C@@H](C)[C@H](OC)CN(C)C(=O)c2ccc(NC(=O)C3CCC3)cc2OC[C@H]1C. The average molecular weight is 489 g/mol. The highest BCUT2D eigenvalue weighted by Gasteiger charge is 2.31. The molecule has 1 aromatic rings. The zero-order valence-electron chi connectivity index (χ0n) is 21.6. The van der Waals surface area contributed by atoms with Crippen LogP contribution in [0, 0.1) is 11.8 Å². The van der Waals surface area contributed by atoms with Crippen molar-refractivity contribution in [3.05, 3.63) is 23.8 Å². The van der Waals surface area contributed by atoms with Crippen molar-refractivity contribution in [2.75, 3.05) is 45.7 Å². The highest BCUT2D eigenvalue weighted by molar-refractivity contribution is 5.99. The molecule has 0 spiro atoms. The number of amides is 4. The summed E-state index contributed by atoms with van der Waals surface area (Å²) in [5.74, 6) is 0.242. The fourth-order valence-electron chi connectivity index (χ4n) is 4.38. The maximum atomic E-state index is 13.3. The maximum Gasteiger partial charge on any atom is 0.317 e. The molecule has 194 valence electrons. The van der Waals surface area contributed by atoms with Crippen molar-refractivity contribution < 1.29 is 23.9 Å². The van der Waals surface area contributed by atoms with Gasteiger partial charge in [0.2, 0.25) is 5.91 Å². The molecule has 1 aliphatic carbocycles. The largest absolute Gasteiger partial charge is 0.491 e. The van der Waals surface area contributed by atoms with Gasteiger partial charge < -0.3 is 29.9 Å². The fourth-order valence-corrected chi connectivity index (χ4v) is 4.38. The molecular formula is C26H40N4O5. The maximum absolute atomic E-state index is 13.3. The van der Waals surface area contributed by atoms with Gasteiger partial charge in [0.1, 0.15) is 12.4 Å². The molecule has 3 atom stereocenters. The summed E-state index contributed by atoms with van der Waals surface area (Å²) < 4.78 is 11.9. The number of urea groups is 1.